The first-order valence-electron chi connectivity index (χ1n) is 6.06. The highest BCUT2D eigenvalue weighted by atomic mass is 16.5. The van der Waals surface area contributed by atoms with Crippen molar-refractivity contribution < 1.29 is 9.53 Å². The van der Waals surface area contributed by atoms with Gasteiger partial charge in [-0.15, -0.1) is 0 Å². The molecule has 2 rings (SSSR count). The Balaban J connectivity index is 1.66. The number of hydrogen-bond donors (Lipinski definition) is 0. The van der Waals surface area contributed by atoms with Crippen molar-refractivity contribution in [2.45, 2.75) is 32.1 Å². The van der Waals surface area contributed by atoms with Crippen LogP contribution in [0.3, 0.4) is 0 Å². The van der Waals surface area contributed by atoms with Crippen molar-refractivity contribution in [2.24, 2.45) is 5.92 Å². The van der Waals surface area contributed by atoms with Gasteiger partial charge < -0.3 is 9.64 Å². The molecule has 1 aliphatic heterocycles. The van der Waals surface area contributed by atoms with Gasteiger partial charge in [0.2, 0.25) is 5.91 Å². The van der Waals surface area contributed by atoms with Crippen LogP contribution in [-0.2, 0) is 9.53 Å². The van der Waals surface area contributed by atoms with Crippen molar-refractivity contribution in [3.05, 3.63) is 6.42 Å². The van der Waals surface area contributed by atoms with Crippen molar-refractivity contribution in [3.63, 3.8) is 0 Å². The molecule has 0 bridgehead atoms. The topological polar surface area (TPSA) is 29.5 Å². The summed E-state index contributed by atoms with van der Waals surface area (Å²) >= 11 is 0. The fraction of sp³-hybridized carbons (Fsp3) is 0.833. The van der Waals surface area contributed by atoms with Gasteiger partial charge in [0.1, 0.15) is 0 Å². The van der Waals surface area contributed by atoms with Crippen LogP contribution in [0.15, 0.2) is 0 Å². The third-order valence-corrected chi connectivity index (χ3v) is 3.42. The summed E-state index contributed by atoms with van der Waals surface area (Å²) in [4.78, 5) is 13.7. The molecule has 2 aliphatic rings. The molecule has 15 heavy (non-hydrogen) atoms. The third-order valence-electron chi connectivity index (χ3n) is 3.42. The van der Waals surface area contributed by atoms with Gasteiger partial charge in [-0.1, -0.05) is 25.7 Å². The van der Waals surface area contributed by atoms with E-state index in [1.54, 1.807) is 0 Å². The highest BCUT2D eigenvalue weighted by Crippen LogP contribution is 2.28. The first-order valence-corrected chi connectivity index (χ1v) is 6.06. The summed E-state index contributed by atoms with van der Waals surface area (Å²) in [7, 11) is 0. The minimum atomic E-state index is 0.213. The molecule has 2 fully saturated rings. The molecule has 0 spiro atoms. The molecule has 0 aromatic carbocycles. The molecule has 3 heteroatoms. The zero-order valence-corrected chi connectivity index (χ0v) is 9.28. The number of carbonyl (C=O) groups excluding carboxylic acids is 1. The summed E-state index contributed by atoms with van der Waals surface area (Å²) < 4.78 is 5.22. The van der Waals surface area contributed by atoms with Gasteiger partial charge in [-0.25, -0.2) is 0 Å². The van der Waals surface area contributed by atoms with Crippen molar-refractivity contribution in [1.82, 2.24) is 4.90 Å². The van der Waals surface area contributed by atoms with Gasteiger partial charge in [0, 0.05) is 19.5 Å². The Hall–Kier alpha value is -0.570. The largest absolute Gasteiger partial charge is 0.378 e. The SMILES string of the molecule is O=C([CH]CC1CCCC1)N1CCOCC1. The zero-order chi connectivity index (χ0) is 10.5. The van der Waals surface area contributed by atoms with E-state index in [2.05, 4.69) is 0 Å². The van der Waals surface area contributed by atoms with Gasteiger partial charge >= 0.3 is 0 Å². The van der Waals surface area contributed by atoms with E-state index in [1.165, 1.54) is 25.7 Å². The molecular weight excluding hydrogens is 190 g/mol. The standard InChI is InChI=1S/C12H20NO2/c14-12(13-7-9-15-10-8-13)6-5-11-3-1-2-4-11/h6,11H,1-5,7-10H2. The van der Waals surface area contributed by atoms with Crippen LogP contribution in [0.2, 0.25) is 0 Å². The van der Waals surface area contributed by atoms with Crippen molar-refractivity contribution in [3.8, 4) is 0 Å². The number of ether oxygens (including phenoxy) is 1. The molecule has 1 saturated carbocycles. The average molecular weight is 210 g/mol. The van der Waals surface area contributed by atoms with E-state index < -0.39 is 0 Å². The molecule has 1 saturated heterocycles. The maximum atomic E-state index is 11.8. The number of amides is 1. The van der Waals surface area contributed by atoms with Crippen molar-refractivity contribution >= 4 is 5.91 Å². The maximum absolute atomic E-state index is 11.8. The molecular formula is C12H20NO2. The first kappa shape index (κ1) is 10.9. The predicted octanol–water partition coefficient (Wildman–Crippen LogP) is 1.63. The molecule has 1 radical (unpaired) electrons. The zero-order valence-electron chi connectivity index (χ0n) is 9.28. The Kier molecular flexibility index (Phi) is 4.01. The Bertz CT molecular complexity index is 206. The maximum Gasteiger partial charge on any atom is 0.226 e. The second-order valence-corrected chi connectivity index (χ2v) is 4.53. The van der Waals surface area contributed by atoms with Gasteiger partial charge in [0.15, 0.2) is 0 Å². The van der Waals surface area contributed by atoms with E-state index in [9.17, 15) is 4.79 Å². The smallest absolute Gasteiger partial charge is 0.226 e. The number of morpholine rings is 1. The van der Waals surface area contributed by atoms with Crippen molar-refractivity contribution in [2.75, 3.05) is 26.3 Å². The number of hydrogen-bond acceptors (Lipinski definition) is 2. The lowest BCUT2D eigenvalue weighted by Gasteiger charge is -2.27. The van der Waals surface area contributed by atoms with Gasteiger partial charge in [0.25, 0.3) is 0 Å². The second-order valence-electron chi connectivity index (χ2n) is 4.53. The first-order chi connectivity index (χ1) is 7.36. The lowest BCUT2D eigenvalue weighted by Crippen LogP contribution is -2.40. The third kappa shape index (κ3) is 3.20. The van der Waals surface area contributed by atoms with Crippen LogP contribution in [0.1, 0.15) is 32.1 Å². The van der Waals surface area contributed by atoms with Crippen LogP contribution in [0, 0.1) is 12.3 Å². The van der Waals surface area contributed by atoms with Gasteiger partial charge in [-0.05, 0) is 12.3 Å². The fourth-order valence-corrected chi connectivity index (χ4v) is 2.43. The fourth-order valence-electron chi connectivity index (χ4n) is 2.43. The Morgan fingerprint density at radius 1 is 1.27 bits per heavy atom. The number of carbonyl (C=O) groups is 1. The summed E-state index contributed by atoms with van der Waals surface area (Å²) in [5, 5.41) is 0. The molecule has 0 atom stereocenters. The van der Waals surface area contributed by atoms with Crippen LogP contribution in [0.4, 0.5) is 0 Å². The number of nitrogens with zero attached hydrogens (tertiary/aromatic N) is 1. The average Bonchev–Trinajstić information content (AvgIpc) is 2.80. The molecule has 1 aliphatic carbocycles. The highest BCUT2D eigenvalue weighted by Gasteiger charge is 2.20. The summed E-state index contributed by atoms with van der Waals surface area (Å²) in [6.45, 7) is 2.92. The van der Waals surface area contributed by atoms with E-state index in [1.807, 2.05) is 11.3 Å². The van der Waals surface area contributed by atoms with E-state index in [0.717, 1.165) is 25.4 Å². The molecule has 85 valence electrons. The Morgan fingerprint density at radius 2 is 1.93 bits per heavy atom. The normalized spacial score (nSPS) is 23.3. The monoisotopic (exact) mass is 210 g/mol. The molecule has 0 aromatic rings. The van der Waals surface area contributed by atoms with Gasteiger partial charge in [-0.3, -0.25) is 4.79 Å². The lowest BCUT2D eigenvalue weighted by atomic mass is 10.0. The minimum absolute atomic E-state index is 0.213. The minimum Gasteiger partial charge on any atom is -0.378 e. The van der Waals surface area contributed by atoms with Crippen LogP contribution < -0.4 is 0 Å². The van der Waals surface area contributed by atoms with Crippen LogP contribution >= 0.6 is 0 Å². The van der Waals surface area contributed by atoms with Crippen LogP contribution in [0.5, 0.6) is 0 Å². The summed E-state index contributed by atoms with van der Waals surface area (Å²) in [5.41, 5.74) is 0. The van der Waals surface area contributed by atoms with Crippen LogP contribution in [-0.4, -0.2) is 37.1 Å². The summed E-state index contributed by atoms with van der Waals surface area (Å²) in [6, 6.07) is 0. The highest BCUT2D eigenvalue weighted by molar-refractivity contribution is 5.84. The van der Waals surface area contributed by atoms with Crippen LogP contribution in [0.25, 0.3) is 0 Å². The number of rotatable bonds is 3. The van der Waals surface area contributed by atoms with Gasteiger partial charge in [-0.2, -0.15) is 0 Å². The molecule has 3 nitrogen and oxygen atoms in total. The second kappa shape index (κ2) is 5.50. The van der Waals surface area contributed by atoms with Crippen molar-refractivity contribution in [1.29, 1.82) is 0 Å². The quantitative estimate of drug-likeness (QED) is 0.708. The Morgan fingerprint density at radius 3 is 2.60 bits per heavy atom. The molecule has 0 N–H and O–H groups in total. The van der Waals surface area contributed by atoms with E-state index >= 15 is 0 Å². The molecule has 1 amide bonds. The predicted molar refractivity (Wildman–Crippen MR) is 58.3 cm³/mol. The van der Waals surface area contributed by atoms with E-state index in [-0.39, 0.29) is 5.91 Å². The lowest BCUT2D eigenvalue weighted by molar-refractivity contribution is -0.131. The van der Waals surface area contributed by atoms with E-state index in [0.29, 0.717) is 13.2 Å². The molecule has 0 unspecified atom stereocenters. The summed E-state index contributed by atoms with van der Waals surface area (Å²) in [6.07, 6.45) is 8.20. The molecule has 1 heterocycles. The summed E-state index contributed by atoms with van der Waals surface area (Å²) in [5.74, 6) is 0.986. The van der Waals surface area contributed by atoms with Gasteiger partial charge in [0.05, 0.1) is 13.2 Å². The molecule has 0 aromatic heterocycles. The van der Waals surface area contributed by atoms with E-state index in [4.69, 9.17) is 4.74 Å². The Labute approximate surface area is 91.8 Å².